The first-order valence-corrected chi connectivity index (χ1v) is 8.31. The number of nitrogens with one attached hydrogen (secondary N) is 1. The van der Waals surface area contributed by atoms with Gasteiger partial charge in [-0.3, -0.25) is 0 Å². The SMILES string of the molecule is CN(C)S(=O)(=O)c1ccccc1CNCc1ccccc1F. The quantitative estimate of drug-likeness (QED) is 0.888. The third kappa shape index (κ3) is 3.71. The maximum absolute atomic E-state index is 13.5. The first kappa shape index (κ1) is 16.6. The Labute approximate surface area is 130 Å². The zero-order chi connectivity index (χ0) is 16.2. The predicted molar refractivity (Wildman–Crippen MR) is 84.3 cm³/mol. The van der Waals surface area contributed by atoms with Gasteiger partial charge in [0.2, 0.25) is 10.0 Å². The van der Waals surface area contributed by atoms with Gasteiger partial charge in [0, 0.05) is 32.7 Å². The molecule has 0 aliphatic rings. The van der Waals surface area contributed by atoms with Crippen molar-refractivity contribution in [3.8, 4) is 0 Å². The zero-order valence-electron chi connectivity index (χ0n) is 12.6. The Bertz CT molecular complexity index is 745. The van der Waals surface area contributed by atoms with Crippen LogP contribution in [-0.2, 0) is 23.1 Å². The van der Waals surface area contributed by atoms with Crippen molar-refractivity contribution in [3.63, 3.8) is 0 Å². The van der Waals surface area contributed by atoms with Crippen molar-refractivity contribution in [3.05, 3.63) is 65.5 Å². The fraction of sp³-hybridized carbons (Fsp3) is 0.250. The van der Waals surface area contributed by atoms with E-state index in [2.05, 4.69) is 5.32 Å². The summed E-state index contributed by atoms with van der Waals surface area (Å²) in [5, 5.41) is 3.09. The number of nitrogens with zero attached hydrogens (tertiary/aromatic N) is 1. The molecule has 1 N–H and O–H groups in total. The molecule has 0 unspecified atom stereocenters. The highest BCUT2D eigenvalue weighted by atomic mass is 32.2. The van der Waals surface area contributed by atoms with Crippen LogP contribution in [0.2, 0.25) is 0 Å². The van der Waals surface area contributed by atoms with Gasteiger partial charge in [0.15, 0.2) is 0 Å². The third-order valence-corrected chi connectivity index (χ3v) is 5.24. The van der Waals surface area contributed by atoms with Crippen LogP contribution in [-0.4, -0.2) is 26.8 Å². The second-order valence-corrected chi connectivity index (χ2v) is 7.21. The molecule has 2 aromatic carbocycles. The summed E-state index contributed by atoms with van der Waals surface area (Å²) < 4.78 is 39.3. The highest BCUT2D eigenvalue weighted by molar-refractivity contribution is 7.89. The summed E-state index contributed by atoms with van der Waals surface area (Å²) >= 11 is 0. The first-order valence-electron chi connectivity index (χ1n) is 6.87. The van der Waals surface area contributed by atoms with E-state index in [1.54, 1.807) is 42.5 Å². The number of hydrogen-bond acceptors (Lipinski definition) is 3. The lowest BCUT2D eigenvalue weighted by molar-refractivity contribution is 0.518. The molecule has 0 radical (unpaired) electrons. The molecule has 0 fully saturated rings. The van der Waals surface area contributed by atoms with Crippen molar-refractivity contribution in [2.24, 2.45) is 0 Å². The Hall–Kier alpha value is -1.76. The molecule has 0 aliphatic heterocycles. The van der Waals surface area contributed by atoms with E-state index in [1.807, 2.05) is 0 Å². The van der Waals surface area contributed by atoms with Gasteiger partial charge in [-0.05, 0) is 17.7 Å². The molecule has 4 nitrogen and oxygen atoms in total. The maximum Gasteiger partial charge on any atom is 0.242 e. The molecule has 0 saturated carbocycles. The molecule has 0 aliphatic carbocycles. The van der Waals surface area contributed by atoms with E-state index in [-0.39, 0.29) is 10.7 Å². The van der Waals surface area contributed by atoms with Crippen LogP contribution in [0.15, 0.2) is 53.4 Å². The molecule has 0 atom stereocenters. The standard InChI is InChI=1S/C16H19FN2O2S/c1-19(2)22(20,21)16-10-6-4-8-14(16)12-18-11-13-7-3-5-9-15(13)17/h3-10,18H,11-12H2,1-2H3. The van der Waals surface area contributed by atoms with Crippen molar-refractivity contribution in [2.75, 3.05) is 14.1 Å². The van der Waals surface area contributed by atoms with Crippen LogP contribution in [0, 0.1) is 5.82 Å². The van der Waals surface area contributed by atoms with Crippen LogP contribution in [0.25, 0.3) is 0 Å². The van der Waals surface area contributed by atoms with Crippen molar-refractivity contribution in [1.82, 2.24) is 9.62 Å². The minimum absolute atomic E-state index is 0.265. The van der Waals surface area contributed by atoms with Gasteiger partial charge in [-0.1, -0.05) is 36.4 Å². The van der Waals surface area contributed by atoms with Crippen LogP contribution in [0.3, 0.4) is 0 Å². The monoisotopic (exact) mass is 322 g/mol. The lowest BCUT2D eigenvalue weighted by atomic mass is 10.2. The Morgan fingerprint density at radius 3 is 2.14 bits per heavy atom. The molecule has 0 saturated heterocycles. The Kier molecular flexibility index (Phi) is 5.28. The molecule has 0 heterocycles. The van der Waals surface area contributed by atoms with Crippen molar-refractivity contribution >= 4 is 10.0 Å². The van der Waals surface area contributed by atoms with Gasteiger partial charge in [-0.25, -0.2) is 17.1 Å². The van der Waals surface area contributed by atoms with Crippen molar-refractivity contribution in [2.45, 2.75) is 18.0 Å². The summed E-state index contributed by atoms with van der Waals surface area (Å²) in [5.74, 6) is -0.274. The molecular weight excluding hydrogens is 303 g/mol. The van der Waals surface area contributed by atoms with E-state index in [0.717, 1.165) is 0 Å². The molecule has 118 valence electrons. The summed E-state index contributed by atoms with van der Waals surface area (Å²) in [7, 11) is -0.494. The average molecular weight is 322 g/mol. The third-order valence-electron chi connectivity index (χ3n) is 3.32. The minimum atomic E-state index is -3.49. The van der Waals surface area contributed by atoms with E-state index in [0.29, 0.717) is 24.2 Å². The van der Waals surface area contributed by atoms with Crippen LogP contribution < -0.4 is 5.32 Å². The fourth-order valence-corrected chi connectivity index (χ4v) is 3.19. The van der Waals surface area contributed by atoms with E-state index >= 15 is 0 Å². The topological polar surface area (TPSA) is 49.4 Å². The lowest BCUT2D eigenvalue weighted by Gasteiger charge is -2.15. The molecule has 2 rings (SSSR count). The van der Waals surface area contributed by atoms with E-state index < -0.39 is 10.0 Å². The summed E-state index contributed by atoms with van der Waals surface area (Å²) in [4.78, 5) is 0.265. The first-order chi connectivity index (χ1) is 10.4. The van der Waals surface area contributed by atoms with Crippen molar-refractivity contribution < 1.29 is 12.8 Å². The predicted octanol–water partition coefficient (Wildman–Crippen LogP) is 2.37. The smallest absolute Gasteiger partial charge is 0.242 e. The summed E-state index contributed by atoms with van der Waals surface area (Å²) in [6, 6.07) is 13.3. The van der Waals surface area contributed by atoms with Gasteiger partial charge in [-0.15, -0.1) is 0 Å². The Balaban J connectivity index is 2.13. The zero-order valence-corrected chi connectivity index (χ0v) is 13.4. The van der Waals surface area contributed by atoms with Gasteiger partial charge < -0.3 is 5.32 Å². The minimum Gasteiger partial charge on any atom is -0.308 e. The normalized spacial score (nSPS) is 11.8. The van der Waals surface area contributed by atoms with Gasteiger partial charge >= 0.3 is 0 Å². The fourth-order valence-electron chi connectivity index (χ4n) is 2.07. The number of sulfonamides is 1. The number of hydrogen-bond donors (Lipinski definition) is 1. The van der Waals surface area contributed by atoms with Crippen LogP contribution in [0.4, 0.5) is 4.39 Å². The molecule has 0 aromatic heterocycles. The molecule has 0 spiro atoms. The summed E-state index contributed by atoms with van der Waals surface area (Å²) in [5.41, 5.74) is 1.21. The molecule has 0 bridgehead atoms. The Morgan fingerprint density at radius 1 is 0.955 bits per heavy atom. The highest BCUT2D eigenvalue weighted by Crippen LogP contribution is 2.18. The van der Waals surface area contributed by atoms with E-state index in [9.17, 15) is 12.8 Å². The highest BCUT2D eigenvalue weighted by Gasteiger charge is 2.20. The van der Waals surface area contributed by atoms with Crippen LogP contribution >= 0.6 is 0 Å². The van der Waals surface area contributed by atoms with Gasteiger partial charge in [0.1, 0.15) is 5.82 Å². The molecule has 6 heteroatoms. The van der Waals surface area contributed by atoms with Gasteiger partial charge in [0.05, 0.1) is 4.90 Å². The second kappa shape index (κ2) is 7.00. The summed E-state index contributed by atoms with van der Waals surface area (Å²) in [6.07, 6.45) is 0. The van der Waals surface area contributed by atoms with Gasteiger partial charge in [-0.2, -0.15) is 0 Å². The van der Waals surface area contributed by atoms with Crippen molar-refractivity contribution in [1.29, 1.82) is 0 Å². The Morgan fingerprint density at radius 2 is 1.50 bits per heavy atom. The maximum atomic E-state index is 13.5. The van der Waals surface area contributed by atoms with Crippen LogP contribution in [0.1, 0.15) is 11.1 Å². The second-order valence-electron chi connectivity index (χ2n) is 5.09. The number of halogens is 1. The van der Waals surface area contributed by atoms with E-state index in [4.69, 9.17) is 0 Å². The molecule has 22 heavy (non-hydrogen) atoms. The molecule has 2 aromatic rings. The largest absolute Gasteiger partial charge is 0.308 e. The number of benzene rings is 2. The molecule has 0 amide bonds. The lowest BCUT2D eigenvalue weighted by Crippen LogP contribution is -2.24. The molecular formula is C16H19FN2O2S. The summed E-state index contributed by atoms with van der Waals surface area (Å²) in [6.45, 7) is 0.681. The van der Waals surface area contributed by atoms with E-state index in [1.165, 1.54) is 24.5 Å². The van der Waals surface area contributed by atoms with Gasteiger partial charge in [0.25, 0.3) is 0 Å². The number of rotatable bonds is 6. The average Bonchev–Trinajstić information content (AvgIpc) is 2.49. The van der Waals surface area contributed by atoms with Crippen LogP contribution in [0.5, 0.6) is 0 Å².